The van der Waals surface area contributed by atoms with Gasteiger partial charge >= 0.3 is 5.63 Å². The van der Waals surface area contributed by atoms with Crippen LogP contribution in [0.25, 0.3) is 11.0 Å². The quantitative estimate of drug-likeness (QED) is 0.770. The summed E-state index contributed by atoms with van der Waals surface area (Å²) < 4.78 is 12.9. The standard InChI is InChI=1S/C12H7N3O3S/c16-10-5-4-7(6-18-10)12(17)13-8-2-1-3-9-11(8)15-19-14-9/h1-6H,(H,13,17). The van der Waals surface area contributed by atoms with Gasteiger partial charge in [0.15, 0.2) is 0 Å². The Balaban J connectivity index is 1.92. The molecule has 1 aromatic carbocycles. The number of hydrogen-bond donors (Lipinski definition) is 1. The van der Waals surface area contributed by atoms with Gasteiger partial charge in [0.2, 0.25) is 0 Å². The number of hydrogen-bond acceptors (Lipinski definition) is 6. The van der Waals surface area contributed by atoms with Crippen LogP contribution in [0.1, 0.15) is 10.4 Å². The third-order valence-electron chi connectivity index (χ3n) is 2.50. The molecule has 94 valence electrons. The lowest BCUT2D eigenvalue weighted by atomic mass is 10.2. The van der Waals surface area contributed by atoms with Crippen molar-refractivity contribution in [2.45, 2.75) is 0 Å². The highest BCUT2D eigenvalue weighted by Gasteiger charge is 2.10. The van der Waals surface area contributed by atoms with E-state index in [0.29, 0.717) is 11.2 Å². The molecule has 3 aromatic rings. The van der Waals surface area contributed by atoms with Crippen molar-refractivity contribution >= 4 is 34.4 Å². The zero-order valence-corrected chi connectivity index (χ0v) is 10.3. The van der Waals surface area contributed by atoms with Crippen molar-refractivity contribution in [2.75, 3.05) is 5.32 Å². The number of benzene rings is 1. The maximum atomic E-state index is 12.0. The van der Waals surface area contributed by atoms with Crippen molar-refractivity contribution in [3.8, 4) is 0 Å². The summed E-state index contributed by atoms with van der Waals surface area (Å²) in [6, 6.07) is 7.93. The Kier molecular flexibility index (Phi) is 2.81. The summed E-state index contributed by atoms with van der Waals surface area (Å²) in [5, 5.41) is 2.71. The summed E-state index contributed by atoms with van der Waals surface area (Å²) in [4.78, 5) is 22.8. The summed E-state index contributed by atoms with van der Waals surface area (Å²) >= 11 is 1.08. The van der Waals surface area contributed by atoms with Gasteiger partial charge in [-0.25, -0.2) is 4.79 Å². The molecule has 0 bridgehead atoms. The maximum Gasteiger partial charge on any atom is 0.335 e. The largest absolute Gasteiger partial charge is 0.430 e. The molecule has 0 saturated carbocycles. The molecule has 2 aromatic heterocycles. The van der Waals surface area contributed by atoms with Gasteiger partial charge in [-0.15, -0.1) is 0 Å². The SMILES string of the molecule is O=C(Nc1cccc2nsnc12)c1ccc(=O)oc1. The molecular weight excluding hydrogens is 266 g/mol. The van der Waals surface area contributed by atoms with Gasteiger partial charge in [-0.05, 0) is 18.2 Å². The van der Waals surface area contributed by atoms with Crippen LogP contribution >= 0.6 is 11.7 Å². The molecule has 6 nitrogen and oxygen atoms in total. The molecule has 0 atom stereocenters. The maximum absolute atomic E-state index is 12.0. The first-order chi connectivity index (χ1) is 9.24. The zero-order chi connectivity index (χ0) is 13.2. The van der Waals surface area contributed by atoms with Crippen molar-refractivity contribution < 1.29 is 9.21 Å². The van der Waals surface area contributed by atoms with E-state index in [0.717, 1.165) is 23.5 Å². The van der Waals surface area contributed by atoms with Crippen LogP contribution in [-0.4, -0.2) is 14.7 Å². The Hall–Kier alpha value is -2.54. The molecule has 0 unspecified atom stereocenters. The Labute approximate surface area is 111 Å². The van der Waals surface area contributed by atoms with Gasteiger partial charge in [-0.2, -0.15) is 8.75 Å². The molecular formula is C12H7N3O3S. The second kappa shape index (κ2) is 4.62. The fourth-order valence-corrected chi connectivity index (χ4v) is 2.14. The van der Waals surface area contributed by atoms with Gasteiger partial charge < -0.3 is 9.73 Å². The van der Waals surface area contributed by atoms with Gasteiger partial charge in [0.25, 0.3) is 5.91 Å². The number of rotatable bonds is 2. The molecule has 7 heteroatoms. The molecule has 3 rings (SSSR count). The Bertz CT molecular complexity index is 789. The topological polar surface area (TPSA) is 85.1 Å². The minimum Gasteiger partial charge on any atom is -0.430 e. The molecule has 1 N–H and O–H groups in total. The highest BCUT2D eigenvalue weighted by Crippen LogP contribution is 2.21. The minimum atomic E-state index is -0.498. The third-order valence-corrected chi connectivity index (χ3v) is 3.04. The Morgan fingerprint density at radius 1 is 1.21 bits per heavy atom. The van der Waals surface area contributed by atoms with E-state index in [4.69, 9.17) is 0 Å². The Morgan fingerprint density at radius 3 is 2.89 bits per heavy atom. The van der Waals surface area contributed by atoms with Crippen molar-refractivity contribution in [3.05, 3.63) is 52.6 Å². The molecule has 19 heavy (non-hydrogen) atoms. The van der Waals surface area contributed by atoms with Crippen molar-refractivity contribution in [2.24, 2.45) is 0 Å². The first-order valence-corrected chi connectivity index (χ1v) is 6.08. The highest BCUT2D eigenvalue weighted by atomic mass is 32.1. The summed E-state index contributed by atoms with van der Waals surface area (Å²) in [6.07, 6.45) is 1.12. The number of carbonyl (C=O) groups excluding carboxylic acids is 1. The summed E-state index contributed by atoms with van der Waals surface area (Å²) in [5.41, 5.74) is 1.70. The lowest BCUT2D eigenvalue weighted by Gasteiger charge is -2.04. The van der Waals surface area contributed by atoms with Crippen molar-refractivity contribution in [1.29, 1.82) is 0 Å². The second-order valence-corrected chi connectivity index (χ2v) is 4.26. The average molecular weight is 273 g/mol. The van der Waals surface area contributed by atoms with Crippen LogP contribution in [0.4, 0.5) is 5.69 Å². The summed E-state index contributed by atoms with van der Waals surface area (Å²) in [6.45, 7) is 0. The van der Waals surface area contributed by atoms with Gasteiger partial charge in [-0.3, -0.25) is 4.79 Å². The van der Waals surface area contributed by atoms with Gasteiger partial charge in [0, 0.05) is 6.07 Å². The lowest BCUT2D eigenvalue weighted by Crippen LogP contribution is -2.13. The van der Waals surface area contributed by atoms with Crippen molar-refractivity contribution in [1.82, 2.24) is 8.75 Å². The smallest absolute Gasteiger partial charge is 0.335 e. The van der Waals surface area contributed by atoms with E-state index in [1.165, 1.54) is 12.1 Å². The molecule has 0 radical (unpaired) electrons. The Morgan fingerprint density at radius 2 is 2.11 bits per heavy atom. The lowest BCUT2D eigenvalue weighted by molar-refractivity contribution is 0.102. The van der Waals surface area contributed by atoms with Crippen molar-refractivity contribution in [3.63, 3.8) is 0 Å². The summed E-state index contributed by atoms with van der Waals surface area (Å²) in [7, 11) is 0. The van der Waals surface area contributed by atoms with E-state index in [2.05, 4.69) is 18.5 Å². The molecule has 2 heterocycles. The first-order valence-electron chi connectivity index (χ1n) is 5.35. The molecule has 0 aliphatic carbocycles. The first kappa shape index (κ1) is 11.5. The fourth-order valence-electron chi connectivity index (χ4n) is 1.59. The van der Waals surface area contributed by atoms with Gasteiger partial charge in [0.1, 0.15) is 17.3 Å². The highest BCUT2D eigenvalue weighted by molar-refractivity contribution is 7.00. The predicted molar refractivity (Wildman–Crippen MR) is 70.3 cm³/mol. The van der Waals surface area contributed by atoms with E-state index in [-0.39, 0.29) is 11.5 Å². The van der Waals surface area contributed by atoms with E-state index >= 15 is 0 Å². The van der Waals surface area contributed by atoms with Gasteiger partial charge in [0.05, 0.1) is 23.0 Å². The molecule has 0 spiro atoms. The molecule has 0 fully saturated rings. The van der Waals surface area contributed by atoms with Crippen LogP contribution in [-0.2, 0) is 0 Å². The van der Waals surface area contributed by atoms with Crippen LogP contribution in [0.2, 0.25) is 0 Å². The van der Waals surface area contributed by atoms with Crippen LogP contribution in [0, 0.1) is 0 Å². The van der Waals surface area contributed by atoms with E-state index in [1.807, 2.05) is 6.07 Å². The second-order valence-electron chi connectivity index (χ2n) is 3.74. The van der Waals surface area contributed by atoms with Gasteiger partial charge in [-0.1, -0.05) is 6.07 Å². The number of amides is 1. The number of nitrogens with zero attached hydrogens (tertiary/aromatic N) is 2. The zero-order valence-electron chi connectivity index (χ0n) is 9.49. The average Bonchev–Trinajstić information content (AvgIpc) is 2.89. The number of anilines is 1. The van der Waals surface area contributed by atoms with Crippen LogP contribution in [0.3, 0.4) is 0 Å². The molecule has 1 amide bonds. The fraction of sp³-hybridized carbons (Fsp3) is 0. The monoisotopic (exact) mass is 273 g/mol. The molecule has 0 saturated heterocycles. The van der Waals surface area contributed by atoms with E-state index in [1.54, 1.807) is 12.1 Å². The normalized spacial score (nSPS) is 10.5. The summed E-state index contributed by atoms with van der Waals surface area (Å²) in [5.74, 6) is -0.371. The van der Waals surface area contributed by atoms with E-state index < -0.39 is 5.63 Å². The third kappa shape index (κ3) is 2.23. The molecule has 0 aliphatic heterocycles. The van der Waals surface area contributed by atoms with Crippen LogP contribution in [0.15, 0.2) is 45.8 Å². The minimum absolute atomic E-state index is 0.264. The predicted octanol–water partition coefficient (Wildman–Crippen LogP) is 1.90. The molecule has 0 aliphatic rings. The van der Waals surface area contributed by atoms with Crippen LogP contribution in [0.5, 0.6) is 0 Å². The number of carbonyl (C=O) groups is 1. The number of nitrogens with one attached hydrogen (secondary N) is 1. The van der Waals surface area contributed by atoms with E-state index in [9.17, 15) is 9.59 Å². The number of fused-ring (bicyclic) bond motifs is 1. The van der Waals surface area contributed by atoms with Crippen LogP contribution < -0.4 is 10.9 Å². The number of aromatic nitrogens is 2.